The lowest BCUT2D eigenvalue weighted by Gasteiger charge is -2.10. The first-order chi connectivity index (χ1) is 14.2. The minimum absolute atomic E-state index is 0.0911. The number of esters is 1. The number of rotatable bonds is 5. The van der Waals surface area contributed by atoms with Crippen molar-refractivity contribution in [3.05, 3.63) is 77.9 Å². The molecule has 0 atom stereocenters. The summed E-state index contributed by atoms with van der Waals surface area (Å²) in [5, 5.41) is 2.94. The maximum atomic E-state index is 12.5. The molecule has 1 aromatic heterocycles. The topological polar surface area (TPSA) is 81.2 Å². The van der Waals surface area contributed by atoms with Crippen molar-refractivity contribution in [2.75, 3.05) is 12.4 Å². The molecule has 0 radical (unpaired) electrons. The monoisotopic (exact) mass is 385 g/mol. The molecule has 4 aromatic rings. The first kappa shape index (κ1) is 18.6. The standard InChI is InChI=1S/C23H19N3O3/c1-29-23(28)16-9-5-10-17-21(16)25-19-12-6-11-18(22(19)26-17)24-20(27)14-13-15-7-3-2-4-8-15/h2-12H,13-14H2,1H3,(H,24,27). The van der Waals surface area contributed by atoms with Crippen molar-refractivity contribution in [1.82, 2.24) is 9.97 Å². The average molecular weight is 385 g/mol. The summed E-state index contributed by atoms with van der Waals surface area (Å²) < 4.78 is 4.83. The summed E-state index contributed by atoms with van der Waals surface area (Å²) in [6.07, 6.45) is 1.03. The molecule has 4 rings (SSSR count). The fourth-order valence-corrected chi connectivity index (χ4v) is 3.21. The molecular weight excluding hydrogens is 366 g/mol. The zero-order valence-corrected chi connectivity index (χ0v) is 15.9. The van der Waals surface area contributed by atoms with Gasteiger partial charge in [-0.25, -0.2) is 14.8 Å². The zero-order valence-electron chi connectivity index (χ0n) is 15.9. The van der Waals surface area contributed by atoms with Crippen LogP contribution in [0.15, 0.2) is 66.7 Å². The first-order valence-electron chi connectivity index (χ1n) is 9.27. The highest BCUT2D eigenvalue weighted by Gasteiger charge is 2.15. The lowest BCUT2D eigenvalue weighted by molar-refractivity contribution is -0.116. The van der Waals surface area contributed by atoms with Gasteiger partial charge in [-0.05, 0) is 36.2 Å². The number of nitrogens with zero attached hydrogens (tertiary/aromatic N) is 2. The maximum Gasteiger partial charge on any atom is 0.340 e. The third-order valence-electron chi connectivity index (χ3n) is 4.66. The largest absolute Gasteiger partial charge is 0.465 e. The van der Waals surface area contributed by atoms with Crippen molar-refractivity contribution in [3.63, 3.8) is 0 Å². The molecule has 0 unspecified atom stereocenters. The van der Waals surface area contributed by atoms with E-state index in [1.807, 2.05) is 30.3 Å². The number of anilines is 1. The molecule has 0 aliphatic rings. The number of methoxy groups -OCH3 is 1. The Morgan fingerprint density at radius 1 is 0.862 bits per heavy atom. The van der Waals surface area contributed by atoms with Gasteiger partial charge in [0.25, 0.3) is 0 Å². The highest BCUT2D eigenvalue weighted by atomic mass is 16.5. The predicted molar refractivity (Wildman–Crippen MR) is 112 cm³/mol. The molecule has 0 bridgehead atoms. The van der Waals surface area contributed by atoms with E-state index < -0.39 is 5.97 Å². The SMILES string of the molecule is COC(=O)c1cccc2nc3c(NC(=O)CCc4ccccc4)cccc3nc12. The van der Waals surface area contributed by atoms with E-state index >= 15 is 0 Å². The molecule has 0 fully saturated rings. The van der Waals surface area contributed by atoms with Gasteiger partial charge in [-0.2, -0.15) is 0 Å². The summed E-state index contributed by atoms with van der Waals surface area (Å²) in [6.45, 7) is 0. The van der Waals surface area contributed by atoms with Crippen LogP contribution in [-0.4, -0.2) is 29.0 Å². The lowest BCUT2D eigenvalue weighted by Crippen LogP contribution is -2.13. The van der Waals surface area contributed by atoms with Gasteiger partial charge in [0.1, 0.15) is 11.0 Å². The van der Waals surface area contributed by atoms with Crippen LogP contribution in [0.3, 0.4) is 0 Å². The fraction of sp³-hybridized carbons (Fsp3) is 0.130. The number of hydrogen-bond donors (Lipinski definition) is 1. The van der Waals surface area contributed by atoms with Crippen LogP contribution in [0.5, 0.6) is 0 Å². The average Bonchev–Trinajstić information content (AvgIpc) is 2.76. The minimum atomic E-state index is -0.463. The van der Waals surface area contributed by atoms with Crippen molar-refractivity contribution in [1.29, 1.82) is 0 Å². The summed E-state index contributed by atoms with van der Waals surface area (Å²) in [5.41, 5.74) is 4.27. The van der Waals surface area contributed by atoms with Crippen LogP contribution in [0.4, 0.5) is 5.69 Å². The summed E-state index contributed by atoms with van der Waals surface area (Å²) >= 11 is 0. The van der Waals surface area contributed by atoms with Crippen LogP contribution in [0.2, 0.25) is 0 Å². The summed E-state index contributed by atoms with van der Waals surface area (Å²) in [4.78, 5) is 33.7. The van der Waals surface area contributed by atoms with Gasteiger partial charge in [0, 0.05) is 6.42 Å². The zero-order chi connectivity index (χ0) is 20.2. The molecule has 6 heteroatoms. The first-order valence-corrected chi connectivity index (χ1v) is 9.27. The third kappa shape index (κ3) is 3.91. The van der Waals surface area contributed by atoms with Crippen LogP contribution in [0, 0.1) is 0 Å². The molecule has 3 aromatic carbocycles. The van der Waals surface area contributed by atoms with Gasteiger partial charge in [0.05, 0.1) is 29.4 Å². The van der Waals surface area contributed by atoms with Crippen molar-refractivity contribution in [2.45, 2.75) is 12.8 Å². The highest BCUT2D eigenvalue weighted by molar-refractivity contribution is 6.06. The molecule has 29 heavy (non-hydrogen) atoms. The Hall–Kier alpha value is -3.80. The summed E-state index contributed by atoms with van der Waals surface area (Å²) in [5.74, 6) is -0.554. The second-order valence-corrected chi connectivity index (χ2v) is 6.60. The van der Waals surface area contributed by atoms with Crippen molar-refractivity contribution >= 4 is 39.6 Å². The van der Waals surface area contributed by atoms with Gasteiger partial charge < -0.3 is 10.1 Å². The van der Waals surface area contributed by atoms with Gasteiger partial charge >= 0.3 is 5.97 Å². The number of ether oxygens (including phenoxy) is 1. The van der Waals surface area contributed by atoms with Crippen LogP contribution in [0.1, 0.15) is 22.3 Å². The van der Waals surface area contributed by atoms with Crippen molar-refractivity contribution in [2.24, 2.45) is 0 Å². The van der Waals surface area contributed by atoms with Gasteiger partial charge in [-0.15, -0.1) is 0 Å². The van der Waals surface area contributed by atoms with E-state index in [0.29, 0.717) is 46.2 Å². The Kier molecular flexibility index (Phi) is 5.16. The quantitative estimate of drug-likeness (QED) is 0.412. The van der Waals surface area contributed by atoms with E-state index in [-0.39, 0.29) is 5.91 Å². The molecule has 0 saturated carbocycles. The van der Waals surface area contributed by atoms with Crippen molar-refractivity contribution < 1.29 is 14.3 Å². The second kappa shape index (κ2) is 8.06. The highest BCUT2D eigenvalue weighted by Crippen LogP contribution is 2.25. The molecule has 144 valence electrons. The number of carbonyl (C=O) groups is 2. The Balaban J connectivity index is 1.64. The smallest absolute Gasteiger partial charge is 0.340 e. The number of amides is 1. The Bertz CT molecular complexity index is 1210. The predicted octanol–water partition coefficient (Wildman–Crippen LogP) is 4.14. The number of benzene rings is 3. The van der Waals surface area contributed by atoms with E-state index in [0.717, 1.165) is 5.56 Å². The minimum Gasteiger partial charge on any atom is -0.465 e. The Morgan fingerprint density at radius 3 is 2.31 bits per heavy atom. The molecule has 0 aliphatic heterocycles. The number of aryl methyl sites for hydroxylation is 1. The van der Waals surface area contributed by atoms with E-state index in [9.17, 15) is 9.59 Å². The van der Waals surface area contributed by atoms with E-state index in [2.05, 4.69) is 15.3 Å². The molecule has 0 aliphatic carbocycles. The number of carbonyl (C=O) groups excluding carboxylic acids is 2. The maximum absolute atomic E-state index is 12.5. The molecule has 0 saturated heterocycles. The normalized spacial score (nSPS) is 10.8. The van der Waals surface area contributed by atoms with E-state index in [1.165, 1.54) is 7.11 Å². The number of fused-ring (bicyclic) bond motifs is 2. The summed E-state index contributed by atoms with van der Waals surface area (Å²) in [6, 6.07) is 20.4. The van der Waals surface area contributed by atoms with Crippen LogP contribution in [0.25, 0.3) is 22.1 Å². The molecule has 1 heterocycles. The molecule has 1 N–H and O–H groups in total. The molecular formula is C23H19N3O3. The number of nitrogens with one attached hydrogen (secondary N) is 1. The van der Waals surface area contributed by atoms with Gasteiger partial charge in [-0.1, -0.05) is 42.5 Å². The summed E-state index contributed by atoms with van der Waals surface area (Å²) in [7, 11) is 1.33. The van der Waals surface area contributed by atoms with Crippen LogP contribution >= 0.6 is 0 Å². The van der Waals surface area contributed by atoms with Crippen LogP contribution in [-0.2, 0) is 16.0 Å². The Morgan fingerprint density at radius 2 is 1.55 bits per heavy atom. The molecule has 6 nitrogen and oxygen atoms in total. The van der Waals surface area contributed by atoms with Crippen LogP contribution < -0.4 is 5.32 Å². The second-order valence-electron chi connectivity index (χ2n) is 6.60. The number of hydrogen-bond acceptors (Lipinski definition) is 5. The lowest BCUT2D eigenvalue weighted by atomic mass is 10.1. The van der Waals surface area contributed by atoms with Crippen molar-refractivity contribution in [3.8, 4) is 0 Å². The fourth-order valence-electron chi connectivity index (χ4n) is 3.21. The number of para-hydroxylation sites is 2. The van der Waals surface area contributed by atoms with Gasteiger partial charge in [0.2, 0.25) is 5.91 Å². The number of aromatic nitrogens is 2. The van der Waals surface area contributed by atoms with Gasteiger partial charge in [-0.3, -0.25) is 4.79 Å². The Labute approximate surface area is 167 Å². The van der Waals surface area contributed by atoms with E-state index in [1.54, 1.807) is 36.4 Å². The molecule has 1 amide bonds. The van der Waals surface area contributed by atoms with E-state index in [4.69, 9.17) is 4.74 Å². The molecule has 0 spiro atoms. The third-order valence-corrected chi connectivity index (χ3v) is 4.66. The van der Waals surface area contributed by atoms with Gasteiger partial charge in [0.15, 0.2) is 0 Å².